The molecule has 0 bridgehead atoms. The van der Waals surface area contributed by atoms with Gasteiger partial charge in [0.15, 0.2) is 0 Å². The normalized spacial score (nSPS) is 12.5. The lowest BCUT2D eigenvalue weighted by molar-refractivity contribution is 0.768. The fourth-order valence-electron chi connectivity index (χ4n) is 8.27. The fraction of sp³-hybridized carbons (Fsp3) is 0.102. The van der Waals surface area contributed by atoms with Gasteiger partial charge in [-0.15, -0.1) is 0 Å². The summed E-state index contributed by atoms with van der Waals surface area (Å²) in [6, 6.07) is 60.3. The lowest BCUT2D eigenvalue weighted by Gasteiger charge is -2.35. The Morgan fingerprint density at radius 2 is 0.673 bits per heavy atom. The van der Waals surface area contributed by atoms with Gasteiger partial charge in [0.2, 0.25) is 11.9 Å². The van der Waals surface area contributed by atoms with Crippen molar-refractivity contribution in [2.24, 2.45) is 0 Å². The number of aromatic nitrogens is 4. The number of anilines is 6. The van der Waals surface area contributed by atoms with E-state index < -0.39 is 5.41 Å². The number of hydrogen-bond donors (Lipinski definition) is 0. The quantitative estimate of drug-likeness (QED) is 0.156. The third-order valence-corrected chi connectivity index (χ3v) is 10.4. The van der Waals surface area contributed by atoms with Crippen LogP contribution in [-0.2, 0) is 5.41 Å². The highest BCUT2D eigenvalue weighted by Crippen LogP contribution is 2.58. The minimum Gasteiger partial charge on any atom is -0.279 e. The number of fused-ring (bicyclic) bond motifs is 3. The van der Waals surface area contributed by atoms with Crippen LogP contribution >= 0.6 is 0 Å². The van der Waals surface area contributed by atoms with Gasteiger partial charge in [-0.25, -0.2) is 19.9 Å². The molecule has 6 heteroatoms. The van der Waals surface area contributed by atoms with E-state index in [4.69, 9.17) is 19.9 Å². The van der Waals surface area contributed by atoms with Crippen molar-refractivity contribution in [3.05, 3.63) is 215 Å². The van der Waals surface area contributed by atoms with Crippen LogP contribution in [0.15, 0.2) is 170 Å². The molecule has 0 amide bonds. The van der Waals surface area contributed by atoms with Crippen LogP contribution in [-0.4, -0.2) is 19.9 Å². The van der Waals surface area contributed by atoms with E-state index in [-0.39, 0.29) is 0 Å². The van der Waals surface area contributed by atoms with Gasteiger partial charge in [0.05, 0.1) is 5.41 Å². The second-order valence-corrected chi connectivity index (χ2v) is 14.2. The Labute approximate surface area is 322 Å². The molecular weight excluding hydrogens is 673 g/mol. The minimum absolute atomic E-state index is 0.637. The van der Waals surface area contributed by atoms with Crippen molar-refractivity contribution in [2.75, 3.05) is 9.80 Å². The summed E-state index contributed by atoms with van der Waals surface area (Å²) in [5.74, 6) is 1.27. The topological polar surface area (TPSA) is 58.0 Å². The van der Waals surface area contributed by atoms with E-state index in [0.29, 0.717) is 11.9 Å². The Kier molecular flexibility index (Phi) is 8.51. The second kappa shape index (κ2) is 13.8. The van der Waals surface area contributed by atoms with Crippen molar-refractivity contribution in [1.82, 2.24) is 19.9 Å². The molecule has 0 aliphatic heterocycles. The summed E-state index contributed by atoms with van der Waals surface area (Å²) in [5, 5.41) is 0. The standard InChI is InChI=1S/C49H40N6/c1-33-29-34(2)51-47(50-33)54(39-21-13-7-14-22-39)41-25-27-43-44-28-26-42(55(40-23-15-8-16-24-40)48-52-35(3)30-36(4)53-48)32-46(44)49(45(43)31-41,37-17-9-5-10-18-37)38-19-11-6-12-20-38/h5-32H,1-4H3. The minimum atomic E-state index is -0.670. The van der Waals surface area contributed by atoms with Gasteiger partial charge in [-0.3, -0.25) is 9.80 Å². The number of nitrogens with zero attached hydrogens (tertiary/aromatic N) is 6. The molecule has 266 valence electrons. The van der Waals surface area contributed by atoms with Gasteiger partial charge in [0.1, 0.15) is 0 Å². The van der Waals surface area contributed by atoms with Gasteiger partial charge >= 0.3 is 0 Å². The van der Waals surface area contributed by atoms with E-state index in [1.165, 1.54) is 33.4 Å². The van der Waals surface area contributed by atoms with Crippen molar-refractivity contribution < 1.29 is 0 Å². The van der Waals surface area contributed by atoms with Crippen molar-refractivity contribution in [3.63, 3.8) is 0 Å². The molecule has 0 atom stereocenters. The second-order valence-electron chi connectivity index (χ2n) is 14.2. The summed E-state index contributed by atoms with van der Waals surface area (Å²) in [6.45, 7) is 8.10. The monoisotopic (exact) mass is 712 g/mol. The number of benzene rings is 6. The summed E-state index contributed by atoms with van der Waals surface area (Å²) in [6.07, 6.45) is 0. The molecular formula is C49H40N6. The lowest BCUT2D eigenvalue weighted by Crippen LogP contribution is -2.29. The smallest absolute Gasteiger partial charge is 0.235 e. The first-order chi connectivity index (χ1) is 26.9. The van der Waals surface area contributed by atoms with Gasteiger partial charge in [-0.05, 0) is 122 Å². The molecule has 0 fully saturated rings. The third kappa shape index (κ3) is 5.92. The van der Waals surface area contributed by atoms with Crippen LogP contribution in [0.5, 0.6) is 0 Å². The highest BCUT2D eigenvalue weighted by molar-refractivity contribution is 5.91. The van der Waals surface area contributed by atoms with Crippen molar-refractivity contribution in [1.29, 1.82) is 0 Å². The average molecular weight is 713 g/mol. The Balaban J connectivity index is 1.34. The zero-order valence-electron chi connectivity index (χ0n) is 31.3. The van der Waals surface area contributed by atoms with Gasteiger partial charge in [-0.1, -0.05) is 109 Å². The summed E-state index contributed by atoms with van der Waals surface area (Å²) in [4.78, 5) is 24.2. The SMILES string of the molecule is Cc1cc(C)nc(N(c2ccccc2)c2ccc3c(c2)C(c2ccccc2)(c2ccccc2)c2cc(N(c4ccccc4)c4nc(C)cc(C)n4)ccc2-3)n1. The fourth-order valence-corrected chi connectivity index (χ4v) is 8.27. The number of para-hydroxylation sites is 2. The molecule has 0 radical (unpaired) electrons. The van der Waals surface area contributed by atoms with E-state index in [0.717, 1.165) is 45.5 Å². The van der Waals surface area contributed by atoms with Crippen molar-refractivity contribution >= 4 is 34.6 Å². The first-order valence-corrected chi connectivity index (χ1v) is 18.7. The summed E-state index contributed by atoms with van der Waals surface area (Å²) in [5.41, 5.74) is 14.0. The maximum absolute atomic E-state index is 4.97. The van der Waals surface area contributed by atoms with Crippen LogP contribution in [0.25, 0.3) is 11.1 Å². The van der Waals surface area contributed by atoms with Gasteiger partial charge in [-0.2, -0.15) is 0 Å². The van der Waals surface area contributed by atoms with Crippen LogP contribution in [0, 0.1) is 27.7 Å². The molecule has 6 aromatic carbocycles. The van der Waals surface area contributed by atoms with E-state index in [1.54, 1.807) is 0 Å². The number of aryl methyl sites for hydroxylation is 4. The Morgan fingerprint density at radius 1 is 0.345 bits per heavy atom. The van der Waals surface area contributed by atoms with E-state index in [1.807, 2.05) is 52.0 Å². The first kappa shape index (κ1) is 33.9. The Hall–Kier alpha value is -6.92. The van der Waals surface area contributed by atoms with Gasteiger partial charge in [0, 0.05) is 45.5 Å². The third-order valence-electron chi connectivity index (χ3n) is 10.4. The number of hydrogen-bond acceptors (Lipinski definition) is 6. The maximum Gasteiger partial charge on any atom is 0.235 e. The molecule has 1 aliphatic rings. The van der Waals surface area contributed by atoms with E-state index in [9.17, 15) is 0 Å². The summed E-state index contributed by atoms with van der Waals surface area (Å²) >= 11 is 0. The molecule has 8 aromatic rings. The lowest BCUT2D eigenvalue weighted by atomic mass is 9.67. The largest absolute Gasteiger partial charge is 0.279 e. The molecule has 2 aromatic heterocycles. The van der Waals surface area contributed by atoms with Crippen LogP contribution in [0.2, 0.25) is 0 Å². The van der Waals surface area contributed by atoms with Crippen LogP contribution < -0.4 is 9.80 Å². The molecule has 0 unspecified atom stereocenters. The van der Waals surface area contributed by atoms with Crippen molar-refractivity contribution in [3.8, 4) is 11.1 Å². The Bertz CT molecular complexity index is 2420. The highest BCUT2D eigenvalue weighted by Gasteiger charge is 2.47. The van der Waals surface area contributed by atoms with Crippen molar-refractivity contribution in [2.45, 2.75) is 33.1 Å². The van der Waals surface area contributed by atoms with Crippen LogP contribution in [0.3, 0.4) is 0 Å². The van der Waals surface area contributed by atoms with Gasteiger partial charge < -0.3 is 0 Å². The zero-order chi connectivity index (χ0) is 37.5. The summed E-state index contributed by atoms with van der Waals surface area (Å²) in [7, 11) is 0. The molecule has 55 heavy (non-hydrogen) atoms. The molecule has 0 N–H and O–H groups in total. The Morgan fingerprint density at radius 3 is 1.02 bits per heavy atom. The van der Waals surface area contributed by atoms with Crippen LogP contribution in [0.4, 0.5) is 34.6 Å². The molecule has 0 saturated heterocycles. The predicted octanol–water partition coefficient (Wildman–Crippen LogP) is 11.8. The average Bonchev–Trinajstić information content (AvgIpc) is 3.49. The molecule has 1 aliphatic carbocycles. The molecule has 0 saturated carbocycles. The number of rotatable bonds is 8. The van der Waals surface area contributed by atoms with E-state index in [2.05, 4.69) is 155 Å². The maximum atomic E-state index is 4.97. The van der Waals surface area contributed by atoms with Crippen LogP contribution in [0.1, 0.15) is 45.0 Å². The van der Waals surface area contributed by atoms with Gasteiger partial charge in [0.25, 0.3) is 0 Å². The molecule has 9 rings (SSSR count). The first-order valence-electron chi connectivity index (χ1n) is 18.7. The summed E-state index contributed by atoms with van der Waals surface area (Å²) < 4.78 is 0. The highest BCUT2D eigenvalue weighted by atomic mass is 15.3. The zero-order valence-corrected chi connectivity index (χ0v) is 31.3. The molecule has 6 nitrogen and oxygen atoms in total. The molecule has 0 spiro atoms. The predicted molar refractivity (Wildman–Crippen MR) is 223 cm³/mol. The molecule has 2 heterocycles. The van der Waals surface area contributed by atoms with E-state index >= 15 is 0 Å².